The number of carbonyl (C=O) groups is 1. The third-order valence-electron chi connectivity index (χ3n) is 2.49. The molecule has 0 saturated carbocycles. The second kappa shape index (κ2) is 5.35. The van der Waals surface area contributed by atoms with Gasteiger partial charge >= 0.3 is 0 Å². The lowest BCUT2D eigenvalue weighted by molar-refractivity contribution is -0.116. The van der Waals surface area contributed by atoms with Gasteiger partial charge in [-0.3, -0.25) is 4.79 Å². The molecule has 3 nitrogen and oxygen atoms in total. The van der Waals surface area contributed by atoms with E-state index < -0.39 is 0 Å². The molecule has 0 aliphatic carbocycles. The van der Waals surface area contributed by atoms with Crippen molar-refractivity contribution in [2.24, 2.45) is 0 Å². The van der Waals surface area contributed by atoms with E-state index in [-0.39, 0.29) is 0 Å². The summed E-state index contributed by atoms with van der Waals surface area (Å²) in [6, 6.07) is 0.398. The first-order valence-electron chi connectivity index (χ1n) is 5.16. The van der Waals surface area contributed by atoms with E-state index >= 15 is 0 Å². The summed E-state index contributed by atoms with van der Waals surface area (Å²) in [6.45, 7) is 4.92. The number of carbonyl (C=O) groups excluding carboxylic acids is 1. The van der Waals surface area contributed by atoms with Crippen LogP contribution in [0.5, 0.6) is 0 Å². The van der Waals surface area contributed by atoms with Gasteiger partial charge in [-0.25, -0.2) is 0 Å². The fourth-order valence-electron chi connectivity index (χ4n) is 1.70. The molecular formula is C10H20N2O. The summed E-state index contributed by atoms with van der Waals surface area (Å²) in [5.74, 6) is 0.355. The molecule has 1 aliphatic heterocycles. The summed E-state index contributed by atoms with van der Waals surface area (Å²) in [6.07, 6.45) is 3.20. The Kier molecular flexibility index (Phi) is 4.39. The van der Waals surface area contributed by atoms with Crippen molar-refractivity contribution in [2.75, 3.05) is 26.7 Å². The van der Waals surface area contributed by atoms with E-state index in [0.29, 0.717) is 18.4 Å². The Hall–Kier alpha value is -0.410. The van der Waals surface area contributed by atoms with Crippen LogP contribution in [-0.2, 0) is 4.79 Å². The van der Waals surface area contributed by atoms with Crippen LogP contribution in [0.1, 0.15) is 26.2 Å². The first kappa shape index (κ1) is 10.7. The van der Waals surface area contributed by atoms with Crippen LogP contribution in [-0.4, -0.2) is 43.4 Å². The Labute approximate surface area is 80.5 Å². The molecule has 13 heavy (non-hydrogen) atoms. The van der Waals surface area contributed by atoms with Gasteiger partial charge in [0.1, 0.15) is 5.78 Å². The molecule has 0 radical (unpaired) electrons. The molecule has 1 N–H and O–H groups in total. The van der Waals surface area contributed by atoms with Gasteiger partial charge in [-0.1, -0.05) is 13.3 Å². The molecular weight excluding hydrogens is 164 g/mol. The van der Waals surface area contributed by atoms with Gasteiger partial charge in [0.05, 0.1) is 6.54 Å². The molecule has 0 spiro atoms. The Bertz CT molecular complexity index is 170. The number of hydrogen-bond acceptors (Lipinski definition) is 3. The number of ketones is 1. The molecule has 1 heterocycles. The lowest BCUT2D eigenvalue weighted by Gasteiger charge is -2.19. The van der Waals surface area contributed by atoms with Crippen molar-refractivity contribution in [3.05, 3.63) is 0 Å². The van der Waals surface area contributed by atoms with E-state index in [2.05, 4.69) is 24.2 Å². The summed E-state index contributed by atoms with van der Waals surface area (Å²) in [7, 11) is 2.13. The van der Waals surface area contributed by atoms with Crippen LogP contribution in [0.25, 0.3) is 0 Å². The monoisotopic (exact) mass is 184 g/mol. The number of likely N-dealkylation sites (N-methyl/N-ethyl adjacent to an activating group) is 1. The van der Waals surface area contributed by atoms with Gasteiger partial charge in [0.2, 0.25) is 0 Å². The summed E-state index contributed by atoms with van der Waals surface area (Å²) in [5, 5.41) is 3.22. The Morgan fingerprint density at radius 1 is 1.62 bits per heavy atom. The lowest BCUT2D eigenvalue weighted by Crippen LogP contribution is -2.35. The van der Waals surface area contributed by atoms with Gasteiger partial charge in [0.25, 0.3) is 0 Å². The van der Waals surface area contributed by atoms with Crippen LogP contribution >= 0.6 is 0 Å². The highest BCUT2D eigenvalue weighted by Crippen LogP contribution is 2.03. The fourth-order valence-corrected chi connectivity index (χ4v) is 1.70. The van der Waals surface area contributed by atoms with E-state index in [1.165, 1.54) is 12.8 Å². The first-order chi connectivity index (χ1) is 6.22. The highest BCUT2D eigenvalue weighted by Gasteiger charge is 2.21. The molecule has 0 bridgehead atoms. The molecule has 1 atom stereocenters. The molecule has 3 heteroatoms. The molecule has 1 aliphatic rings. The van der Waals surface area contributed by atoms with Crippen LogP contribution in [0.15, 0.2) is 0 Å². The molecule has 76 valence electrons. The maximum absolute atomic E-state index is 11.0. The van der Waals surface area contributed by atoms with Gasteiger partial charge in [-0.15, -0.1) is 0 Å². The Balaban J connectivity index is 2.13. The smallest absolute Gasteiger partial charge is 0.148 e. The summed E-state index contributed by atoms with van der Waals surface area (Å²) in [4.78, 5) is 13.3. The molecule has 1 rings (SSSR count). The first-order valence-corrected chi connectivity index (χ1v) is 5.16. The second-order valence-corrected chi connectivity index (χ2v) is 3.94. The molecule has 0 aromatic heterocycles. The van der Waals surface area contributed by atoms with Crippen LogP contribution < -0.4 is 5.32 Å². The minimum Gasteiger partial charge on any atom is -0.305 e. The zero-order chi connectivity index (χ0) is 9.68. The molecule has 0 amide bonds. The second-order valence-electron chi connectivity index (χ2n) is 3.94. The standard InChI is InChI=1S/C10H20N2O/c1-3-4-5-12(2)8-9-6-10(13)7-11-9/h9,11H,3-8H2,1-2H3. The van der Waals surface area contributed by atoms with Crippen molar-refractivity contribution in [1.82, 2.24) is 10.2 Å². The van der Waals surface area contributed by atoms with Crippen molar-refractivity contribution in [1.29, 1.82) is 0 Å². The molecule has 0 aromatic rings. The SMILES string of the molecule is CCCCN(C)CC1CC(=O)CN1. The minimum atomic E-state index is 0.355. The minimum absolute atomic E-state index is 0.355. The highest BCUT2D eigenvalue weighted by molar-refractivity contribution is 5.83. The quantitative estimate of drug-likeness (QED) is 0.681. The predicted octanol–water partition coefficient (Wildman–Crippen LogP) is 0.649. The number of Topliss-reactive ketones (excluding diaryl/α,β-unsaturated/α-hetero) is 1. The molecule has 1 saturated heterocycles. The normalized spacial score (nSPS) is 23.0. The van der Waals surface area contributed by atoms with Crippen LogP contribution in [0.4, 0.5) is 0 Å². The van der Waals surface area contributed by atoms with Gasteiger partial charge in [0.15, 0.2) is 0 Å². The molecule has 0 aromatic carbocycles. The predicted molar refractivity (Wildman–Crippen MR) is 53.8 cm³/mol. The van der Waals surface area contributed by atoms with Crippen molar-refractivity contribution in [2.45, 2.75) is 32.2 Å². The zero-order valence-corrected chi connectivity index (χ0v) is 8.68. The van der Waals surface area contributed by atoms with Crippen molar-refractivity contribution in [3.63, 3.8) is 0 Å². The number of rotatable bonds is 5. The third-order valence-corrected chi connectivity index (χ3v) is 2.49. The number of hydrogen-bond donors (Lipinski definition) is 1. The average molecular weight is 184 g/mol. The van der Waals surface area contributed by atoms with E-state index in [9.17, 15) is 4.79 Å². The van der Waals surface area contributed by atoms with Crippen LogP contribution in [0, 0.1) is 0 Å². The summed E-state index contributed by atoms with van der Waals surface area (Å²) in [5.41, 5.74) is 0. The Morgan fingerprint density at radius 2 is 2.38 bits per heavy atom. The lowest BCUT2D eigenvalue weighted by atomic mass is 10.2. The highest BCUT2D eigenvalue weighted by atomic mass is 16.1. The largest absolute Gasteiger partial charge is 0.305 e. The number of nitrogens with zero attached hydrogens (tertiary/aromatic N) is 1. The number of unbranched alkanes of at least 4 members (excludes halogenated alkanes) is 1. The van der Waals surface area contributed by atoms with Crippen LogP contribution in [0.2, 0.25) is 0 Å². The maximum Gasteiger partial charge on any atom is 0.148 e. The molecule has 1 unspecified atom stereocenters. The van der Waals surface area contributed by atoms with E-state index in [4.69, 9.17) is 0 Å². The molecule has 1 fully saturated rings. The summed E-state index contributed by atoms with van der Waals surface area (Å²) < 4.78 is 0. The van der Waals surface area contributed by atoms with Crippen molar-refractivity contribution >= 4 is 5.78 Å². The zero-order valence-electron chi connectivity index (χ0n) is 8.68. The van der Waals surface area contributed by atoms with E-state index in [1.54, 1.807) is 0 Å². The summed E-state index contributed by atoms with van der Waals surface area (Å²) >= 11 is 0. The Morgan fingerprint density at radius 3 is 2.92 bits per heavy atom. The van der Waals surface area contributed by atoms with E-state index in [0.717, 1.165) is 19.5 Å². The topological polar surface area (TPSA) is 32.3 Å². The van der Waals surface area contributed by atoms with Gasteiger partial charge in [-0.2, -0.15) is 0 Å². The van der Waals surface area contributed by atoms with Crippen LogP contribution in [0.3, 0.4) is 0 Å². The number of nitrogens with one attached hydrogen (secondary N) is 1. The van der Waals surface area contributed by atoms with Gasteiger partial charge in [0, 0.05) is 19.0 Å². The van der Waals surface area contributed by atoms with E-state index in [1.807, 2.05) is 0 Å². The van der Waals surface area contributed by atoms with Crippen molar-refractivity contribution in [3.8, 4) is 0 Å². The van der Waals surface area contributed by atoms with Crippen molar-refractivity contribution < 1.29 is 4.79 Å². The maximum atomic E-state index is 11.0. The average Bonchev–Trinajstić information content (AvgIpc) is 2.48. The fraction of sp³-hybridized carbons (Fsp3) is 0.900. The third kappa shape index (κ3) is 3.87. The van der Waals surface area contributed by atoms with Gasteiger partial charge in [-0.05, 0) is 20.0 Å². The van der Waals surface area contributed by atoms with Gasteiger partial charge < -0.3 is 10.2 Å².